The minimum atomic E-state index is -3.67. The lowest BCUT2D eigenvalue weighted by atomic mass is 10.2. The van der Waals surface area contributed by atoms with Gasteiger partial charge in [-0.3, -0.25) is 15.0 Å². The van der Waals surface area contributed by atoms with E-state index in [9.17, 15) is 18.5 Å². The second kappa shape index (κ2) is 7.14. The van der Waals surface area contributed by atoms with Gasteiger partial charge < -0.3 is 4.74 Å². The predicted octanol–water partition coefficient (Wildman–Crippen LogP) is 0.594. The number of hydrogen-bond donors (Lipinski definition) is 1. The van der Waals surface area contributed by atoms with Crippen LogP contribution in [0.5, 0.6) is 0 Å². The Bertz CT molecular complexity index is 611. The van der Waals surface area contributed by atoms with Crippen LogP contribution in [0.1, 0.15) is 6.92 Å². The average Bonchev–Trinajstić information content (AvgIpc) is 2.53. The maximum atomic E-state index is 12.2. The van der Waals surface area contributed by atoms with Gasteiger partial charge in [0.1, 0.15) is 0 Å². The number of nitro groups is 1. The van der Waals surface area contributed by atoms with Crippen LogP contribution in [0.25, 0.3) is 0 Å². The number of nitro benzene ring substituents is 1. The van der Waals surface area contributed by atoms with Gasteiger partial charge in [-0.2, -0.15) is 0 Å². The quantitative estimate of drug-likeness (QED) is 0.605. The number of hydrogen-bond acceptors (Lipinski definition) is 6. The van der Waals surface area contributed by atoms with Crippen molar-refractivity contribution in [1.82, 2.24) is 9.62 Å². The third-order valence-electron chi connectivity index (χ3n) is 3.60. The number of morpholine rings is 1. The largest absolute Gasteiger partial charge is 0.379 e. The number of benzene rings is 1. The van der Waals surface area contributed by atoms with Gasteiger partial charge in [-0.15, -0.1) is 0 Å². The number of ether oxygens (including phenoxy) is 1. The molecule has 1 aromatic rings. The van der Waals surface area contributed by atoms with E-state index in [1.807, 2.05) is 6.92 Å². The van der Waals surface area contributed by atoms with Crippen molar-refractivity contribution in [2.45, 2.75) is 17.9 Å². The Labute approximate surface area is 129 Å². The van der Waals surface area contributed by atoms with Crippen molar-refractivity contribution in [1.29, 1.82) is 0 Å². The van der Waals surface area contributed by atoms with Gasteiger partial charge in [-0.05, 0) is 19.1 Å². The van der Waals surface area contributed by atoms with Gasteiger partial charge in [0.2, 0.25) is 10.0 Å². The van der Waals surface area contributed by atoms with E-state index in [2.05, 4.69) is 9.62 Å². The zero-order chi connectivity index (χ0) is 16.2. The SMILES string of the molecule is CC(CNS(=O)(=O)c1ccc([N+](=O)[O-])cc1)N1CCOCC1. The number of rotatable bonds is 6. The van der Waals surface area contributed by atoms with Crippen LogP contribution in [0.4, 0.5) is 5.69 Å². The maximum absolute atomic E-state index is 12.2. The maximum Gasteiger partial charge on any atom is 0.269 e. The van der Waals surface area contributed by atoms with Crippen molar-refractivity contribution in [2.24, 2.45) is 0 Å². The molecule has 1 heterocycles. The zero-order valence-corrected chi connectivity index (χ0v) is 13.1. The molecule has 2 rings (SSSR count). The Morgan fingerprint density at radius 2 is 1.91 bits per heavy atom. The Hall–Kier alpha value is -1.55. The summed E-state index contributed by atoms with van der Waals surface area (Å²) in [7, 11) is -3.67. The molecule has 0 amide bonds. The third kappa shape index (κ3) is 4.23. The molecule has 1 unspecified atom stereocenters. The molecule has 0 bridgehead atoms. The van der Waals surface area contributed by atoms with Crippen LogP contribution in [0.2, 0.25) is 0 Å². The second-order valence-electron chi connectivity index (χ2n) is 5.10. The highest BCUT2D eigenvalue weighted by Crippen LogP contribution is 2.15. The van der Waals surface area contributed by atoms with E-state index in [1.54, 1.807) is 0 Å². The van der Waals surface area contributed by atoms with Gasteiger partial charge >= 0.3 is 0 Å². The number of nitrogens with zero attached hydrogens (tertiary/aromatic N) is 2. The normalized spacial score (nSPS) is 18.0. The summed E-state index contributed by atoms with van der Waals surface area (Å²) >= 11 is 0. The second-order valence-corrected chi connectivity index (χ2v) is 6.87. The van der Waals surface area contributed by atoms with E-state index in [0.29, 0.717) is 13.2 Å². The average molecular weight is 329 g/mol. The Morgan fingerprint density at radius 3 is 2.45 bits per heavy atom. The summed E-state index contributed by atoms with van der Waals surface area (Å²) in [6.07, 6.45) is 0. The molecule has 1 fully saturated rings. The van der Waals surface area contributed by atoms with Gasteiger partial charge in [0, 0.05) is 37.8 Å². The molecule has 1 aliphatic rings. The molecule has 8 nitrogen and oxygen atoms in total. The topological polar surface area (TPSA) is 102 Å². The molecule has 22 heavy (non-hydrogen) atoms. The first-order chi connectivity index (χ1) is 10.4. The van der Waals surface area contributed by atoms with Crippen LogP contribution >= 0.6 is 0 Å². The summed E-state index contributed by atoms with van der Waals surface area (Å²) in [5, 5.41) is 10.6. The van der Waals surface area contributed by atoms with Gasteiger partial charge in [-0.1, -0.05) is 0 Å². The van der Waals surface area contributed by atoms with Crippen LogP contribution in [-0.2, 0) is 14.8 Å². The fourth-order valence-electron chi connectivity index (χ4n) is 2.21. The molecule has 0 aliphatic carbocycles. The molecule has 0 saturated carbocycles. The Balaban J connectivity index is 1.96. The molecule has 0 spiro atoms. The molecular weight excluding hydrogens is 310 g/mol. The van der Waals surface area contributed by atoms with Crippen LogP contribution < -0.4 is 4.72 Å². The zero-order valence-electron chi connectivity index (χ0n) is 12.3. The summed E-state index contributed by atoms with van der Waals surface area (Å²) in [4.78, 5) is 12.2. The summed E-state index contributed by atoms with van der Waals surface area (Å²) in [5.74, 6) is 0. The predicted molar refractivity (Wildman–Crippen MR) is 80.1 cm³/mol. The molecule has 1 saturated heterocycles. The summed E-state index contributed by atoms with van der Waals surface area (Å²) in [6, 6.07) is 4.89. The van der Waals surface area contributed by atoms with Crippen molar-refractivity contribution in [2.75, 3.05) is 32.8 Å². The Morgan fingerprint density at radius 1 is 1.32 bits per heavy atom. The van der Waals surface area contributed by atoms with Crippen LogP contribution in [0, 0.1) is 10.1 Å². The third-order valence-corrected chi connectivity index (χ3v) is 5.04. The van der Waals surface area contributed by atoms with E-state index >= 15 is 0 Å². The monoisotopic (exact) mass is 329 g/mol. The van der Waals surface area contributed by atoms with Crippen molar-refractivity contribution in [3.63, 3.8) is 0 Å². The lowest BCUT2D eigenvalue weighted by Crippen LogP contribution is -2.47. The number of nitrogens with one attached hydrogen (secondary N) is 1. The van der Waals surface area contributed by atoms with Crippen LogP contribution in [0.3, 0.4) is 0 Å². The van der Waals surface area contributed by atoms with Crippen LogP contribution in [-0.4, -0.2) is 57.1 Å². The van der Waals surface area contributed by atoms with Crippen molar-refractivity contribution in [3.05, 3.63) is 34.4 Å². The highest BCUT2D eigenvalue weighted by Gasteiger charge is 2.21. The Kier molecular flexibility index (Phi) is 5.46. The molecule has 1 aliphatic heterocycles. The van der Waals surface area contributed by atoms with E-state index in [1.165, 1.54) is 24.3 Å². The molecule has 9 heteroatoms. The summed E-state index contributed by atoms with van der Waals surface area (Å²) < 4.78 is 32.2. The minimum Gasteiger partial charge on any atom is -0.379 e. The van der Waals surface area contributed by atoms with E-state index in [4.69, 9.17) is 4.74 Å². The number of non-ortho nitro benzene ring substituents is 1. The van der Waals surface area contributed by atoms with E-state index in [0.717, 1.165) is 13.1 Å². The highest BCUT2D eigenvalue weighted by atomic mass is 32.2. The highest BCUT2D eigenvalue weighted by molar-refractivity contribution is 7.89. The fourth-order valence-corrected chi connectivity index (χ4v) is 3.33. The van der Waals surface area contributed by atoms with Gasteiger partial charge in [0.05, 0.1) is 23.0 Å². The van der Waals surface area contributed by atoms with Gasteiger partial charge in [0.25, 0.3) is 5.69 Å². The summed E-state index contributed by atoms with van der Waals surface area (Å²) in [6.45, 7) is 5.09. The van der Waals surface area contributed by atoms with Crippen molar-refractivity contribution in [3.8, 4) is 0 Å². The van der Waals surface area contributed by atoms with E-state index in [-0.39, 0.29) is 23.2 Å². The smallest absolute Gasteiger partial charge is 0.269 e. The van der Waals surface area contributed by atoms with Gasteiger partial charge in [-0.25, -0.2) is 13.1 Å². The summed E-state index contributed by atoms with van der Waals surface area (Å²) in [5.41, 5.74) is -0.138. The first-order valence-electron chi connectivity index (χ1n) is 6.96. The van der Waals surface area contributed by atoms with Crippen LogP contribution in [0.15, 0.2) is 29.2 Å². The minimum absolute atomic E-state index is 0.0206. The fraction of sp³-hybridized carbons (Fsp3) is 0.538. The van der Waals surface area contributed by atoms with Crippen molar-refractivity contribution >= 4 is 15.7 Å². The molecular formula is C13H19N3O5S. The first-order valence-corrected chi connectivity index (χ1v) is 8.44. The molecule has 1 N–H and O–H groups in total. The molecule has 1 atom stereocenters. The molecule has 1 aromatic carbocycles. The lowest BCUT2D eigenvalue weighted by Gasteiger charge is -2.32. The first kappa shape index (κ1) is 16.8. The molecule has 122 valence electrons. The lowest BCUT2D eigenvalue weighted by molar-refractivity contribution is -0.384. The molecule has 0 radical (unpaired) electrons. The molecule has 0 aromatic heterocycles. The number of sulfonamides is 1. The van der Waals surface area contributed by atoms with Gasteiger partial charge in [0.15, 0.2) is 0 Å². The van der Waals surface area contributed by atoms with Crippen molar-refractivity contribution < 1.29 is 18.1 Å². The van der Waals surface area contributed by atoms with E-state index < -0.39 is 14.9 Å². The standard InChI is InChI=1S/C13H19N3O5S/c1-11(15-6-8-21-9-7-15)10-14-22(19,20)13-4-2-12(3-5-13)16(17)18/h2-5,11,14H,6-10H2,1H3.